The molecular formula is C10H21NO2. The van der Waals surface area contributed by atoms with Crippen molar-refractivity contribution in [1.82, 2.24) is 5.32 Å². The van der Waals surface area contributed by atoms with Crippen LogP contribution in [0.2, 0.25) is 0 Å². The van der Waals surface area contributed by atoms with Crippen LogP contribution in [0.3, 0.4) is 0 Å². The molecule has 13 heavy (non-hydrogen) atoms. The summed E-state index contributed by atoms with van der Waals surface area (Å²) in [5.74, 6) is 0. The number of hydrogen-bond acceptors (Lipinski definition) is 3. The summed E-state index contributed by atoms with van der Waals surface area (Å²) >= 11 is 0. The fourth-order valence-electron chi connectivity index (χ4n) is 1.72. The van der Waals surface area contributed by atoms with Crippen molar-refractivity contribution in [2.75, 3.05) is 20.3 Å². The molecule has 1 aliphatic rings. The molecular weight excluding hydrogens is 166 g/mol. The first-order chi connectivity index (χ1) is 6.33. The highest BCUT2D eigenvalue weighted by Gasteiger charge is 2.41. The monoisotopic (exact) mass is 187 g/mol. The summed E-state index contributed by atoms with van der Waals surface area (Å²) in [5, 5.41) is 3.24. The van der Waals surface area contributed by atoms with E-state index in [2.05, 4.69) is 12.2 Å². The molecule has 1 rings (SSSR count). The first-order valence-corrected chi connectivity index (χ1v) is 5.23. The maximum Gasteiger partial charge on any atom is 0.0990 e. The summed E-state index contributed by atoms with van der Waals surface area (Å²) in [6, 6.07) is 0.489. The van der Waals surface area contributed by atoms with Gasteiger partial charge in [0, 0.05) is 19.3 Å². The second kappa shape index (κ2) is 5.58. The molecule has 78 valence electrons. The summed E-state index contributed by atoms with van der Waals surface area (Å²) in [6.07, 6.45) is 2.74. The van der Waals surface area contributed by atoms with Crippen LogP contribution in [0.5, 0.6) is 0 Å². The van der Waals surface area contributed by atoms with Crippen molar-refractivity contribution >= 4 is 0 Å². The standard InChI is InChI=1S/C10H21NO2/c1-4-6-13-10-8(11-3)7-9(10)12-5-2/h8-11H,4-7H2,1-3H3. The topological polar surface area (TPSA) is 30.5 Å². The van der Waals surface area contributed by atoms with Gasteiger partial charge in [0.2, 0.25) is 0 Å². The van der Waals surface area contributed by atoms with Crippen LogP contribution < -0.4 is 5.32 Å². The number of rotatable bonds is 6. The molecule has 1 saturated carbocycles. The summed E-state index contributed by atoms with van der Waals surface area (Å²) in [5.41, 5.74) is 0. The SMILES string of the molecule is CCCOC1C(NC)CC1OCC. The van der Waals surface area contributed by atoms with E-state index in [4.69, 9.17) is 9.47 Å². The summed E-state index contributed by atoms with van der Waals surface area (Å²) in [4.78, 5) is 0. The zero-order valence-electron chi connectivity index (χ0n) is 8.88. The Hall–Kier alpha value is -0.120. The number of hydrogen-bond donors (Lipinski definition) is 1. The molecule has 0 aromatic heterocycles. The quantitative estimate of drug-likeness (QED) is 0.677. The molecule has 3 atom stereocenters. The fraction of sp³-hybridized carbons (Fsp3) is 1.00. The molecule has 0 heterocycles. The summed E-state index contributed by atoms with van der Waals surface area (Å²) < 4.78 is 11.3. The highest BCUT2D eigenvalue weighted by Crippen LogP contribution is 2.27. The maximum atomic E-state index is 5.71. The minimum Gasteiger partial charge on any atom is -0.376 e. The molecule has 0 aromatic rings. The molecule has 0 aromatic carbocycles. The van der Waals surface area contributed by atoms with Crippen molar-refractivity contribution in [3.05, 3.63) is 0 Å². The number of ether oxygens (including phenoxy) is 2. The summed E-state index contributed by atoms with van der Waals surface area (Å²) in [7, 11) is 1.98. The van der Waals surface area contributed by atoms with E-state index in [1.165, 1.54) is 0 Å². The Kier molecular flexibility index (Phi) is 4.70. The van der Waals surface area contributed by atoms with Crippen LogP contribution in [0.4, 0.5) is 0 Å². The Labute approximate surface area is 80.8 Å². The maximum absolute atomic E-state index is 5.71. The van der Waals surface area contributed by atoms with Gasteiger partial charge in [-0.1, -0.05) is 6.92 Å². The Morgan fingerprint density at radius 3 is 2.62 bits per heavy atom. The third-order valence-corrected chi connectivity index (χ3v) is 2.52. The van der Waals surface area contributed by atoms with Gasteiger partial charge >= 0.3 is 0 Å². The van der Waals surface area contributed by atoms with E-state index in [1.807, 2.05) is 14.0 Å². The molecule has 3 heteroatoms. The van der Waals surface area contributed by atoms with Crippen molar-refractivity contribution in [3.8, 4) is 0 Å². The largest absolute Gasteiger partial charge is 0.376 e. The van der Waals surface area contributed by atoms with Crippen LogP contribution in [0.15, 0.2) is 0 Å². The molecule has 1 N–H and O–H groups in total. The van der Waals surface area contributed by atoms with Gasteiger partial charge in [-0.05, 0) is 26.8 Å². The van der Waals surface area contributed by atoms with Gasteiger partial charge in [-0.2, -0.15) is 0 Å². The fourth-order valence-corrected chi connectivity index (χ4v) is 1.72. The molecule has 0 aliphatic heterocycles. The van der Waals surface area contributed by atoms with Crippen LogP contribution in [-0.2, 0) is 9.47 Å². The highest BCUT2D eigenvalue weighted by atomic mass is 16.5. The lowest BCUT2D eigenvalue weighted by atomic mass is 9.85. The van der Waals surface area contributed by atoms with Crippen molar-refractivity contribution in [1.29, 1.82) is 0 Å². The van der Waals surface area contributed by atoms with E-state index in [9.17, 15) is 0 Å². The lowest BCUT2D eigenvalue weighted by Crippen LogP contribution is -2.59. The van der Waals surface area contributed by atoms with E-state index in [1.54, 1.807) is 0 Å². The zero-order valence-corrected chi connectivity index (χ0v) is 8.88. The van der Waals surface area contributed by atoms with Crippen molar-refractivity contribution in [3.63, 3.8) is 0 Å². The second-order valence-electron chi connectivity index (χ2n) is 3.46. The minimum atomic E-state index is 0.268. The van der Waals surface area contributed by atoms with Crippen molar-refractivity contribution < 1.29 is 9.47 Å². The van der Waals surface area contributed by atoms with Crippen molar-refractivity contribution in [2.45, 2.75) is 44.9 Å². The van der Waals surface area contributed by atoms with E-state index in [0.29, 0.717) is 12.1 Å². The lowest BCUT2D eigenvalue weighted by molar-refractivity contribution is -0.143. The highest BCUT2D eigenvalue weighted by molar-refractivity contribution is 4.96. The Bertz CT molecular complexity index is 141. The second-order valence-corrected chi connectivity index (χ2v) is 3.46. The van der Waals surface area contributed by atoms with Gasteiger partial charge in [0.25, 0.3) is 0 Å². The average Bonchev–Trinajstić information content (AvgIpc) is 2.12. The number of likely N-dealkylation sites (N-methyl/N-ethyl adjacent to an activating group) is 1. The number of nitrogens with one attached hydrogen (secondary N) is 1. The molecule has 1 aliphatic carbocycles. The van der Waals surface area contributed by atoms with E-state index >= 15 is 0 Å². The Morgan fingerprint density at radius 1 is 1.31 bits per heavy atom. The predicted octanol–water partition coefficient (Wildman–Crippen LogP) is 1.18. The van der Waals surface area contributed by atoms with Gasteiger partial charge in [-0.3, -0.25) is 0 Å². The molecule has 0 saturated heterocycles. The minimum absolute atomic E-state index is 0.268. The Balaban J connectivity index is 2.26. The molecule has 3 unspecified atom stereocenters. The van der Waals surface area contributed by atoms with Gasteiger partial charge in [0.15, 0.2) is 0 Å². The van der Waals surface area contributed by atoms with Crippen LogP contribution in [0.1, 0.15) is 26.7 Å². The third kappa shape index (κ3) is 2.66. The van der Waals surface area contributed by atoms with Gasteiger partial charge in [0.1, 0.15) is 0 Å². The van der Waals surface area contributed by atoms with Crippen LogP contribution >= 0.6 is 0 Å². The lowest BCUT2D eigenvalue weighted by Gasteiger charge is -2.43. The van der Waals surface area contributed by atoms with Gasteiger partial charge in [-0.25, -0.2) is 0 Å². The van der Waals surface area contributed by atoms with E-state index in [0.717, 1.165) is 26.1 Å². The van der Waals surface area contributed by atoms with E-state index < -0.39 is 0 Å². The third-order valence-electron chi connectivity index (χ3n) is 2.52. The smallest absolute Gasteiger partial charge is 0.0990 e. The first kappa shape index (κ1) is 11.0. The normalized spacial score (nSPS) is 33.0. The molecule has 1 fully saturated rings. The molecule has 0 spiro atoms. The van der Waals surface area contributed by atoms with Crippen LogP contribution in [0.25, 0.3) is 0 Å². The molecule has 3 nitrogen and oxygen atoms in total. The molecule has 0 amide bonds. The first-order valence-electron chi connectivity index (χ1n) is 5.23. The predicted molar refractivity (Wildman–Crippen MR) is 52.9 cm³/mol. The van der Waals surface area contributed by atoms with Crippen LogP contribution in [0, 0.1) is 0 Å². The Morgan fingerprint density at radius 2 is 2.08 bits per heavy atom. The van der Waals surface area contributed by atoms with Gasteiger partial charge in [-0.15, -0.1) is 0 Å². The van der Waals surface area contributed by atoms with Gasteiger partial charge < -0.3 is 14.8 Å². The average molecular weight is 187 g/mol. The van der Waals surface area contributed by atoms with Crippen LogP contribution in [-0.4, -0.2) is 38.5 Å². The van der Waals surface area contributed by atoms with Crippen molar-refractivity contribution in [2.24, 2.45) is 0 Å². The zero-order chi connectivity index (χ0) is 9.68. The summed E-state index contributed by atoms with van der Waals surface area (Å²) in [6.45, 7) is 5.78. The van der Waals surface area contributed by atoms with Gasteiger partial charge in [0.05, 0.1) is 12.2 Å². The molecule has 0 bridgehead atoms. The van der Waals surface area contributed by atoms with E-state index in [-0.39, 0.29) is 6.10 Å². The molecule has 0 radical (unpaired) electrons.